The zero-order chi connectivity index (χ0) is 14.8. The summed E-state index contributed by atoms with van der Waals surface area (Å²) in [4.78, 5) is 12.2. The minimum Gasteiger partial charge on any atom is -0.484 e. The van der Waals surface area contributed by atoms with Crippen LogP contribution in [0.2, 0.25) is 0 Å². The van der Waals surface area contributed by atoms with Gasteiger partial charge in [-0.25, -0.2) is 4.39 Å². The van der Waals surface area contributed by atoms with E-state index >= 15 is 0 Å². The molecule has 0 radical (unpaired) electrons. The lowest BCUT2D eigenvalue weighted by molar-refractivity contribution is 0.0844. The average Bonchev–Trinajstić information content (AvgIpc) is 2.49. The molecule has 1 heterocycles. The fraction of sp³-hybridized carbons (Fsp3) is 0.235. The van der Waals surface area contributed by atoms with E-state index in [0.717, 1.165) is 11.1 Å². The van der Waals surface area contributed by atoms with Crippen LogP contribution in [-0.4, -0.2) is 12.9 Å². The monoisotopic (exact) mass is 286 g/mol. The van der Waals surface area contributed by atoms with Crippen LogP contribution >= 0.6 is 0 Å². The number of benzene rings is 2. The van der Waals surface area contributed by atoms with Crippen molar-refractivity contribution in [3.8, 4) is 5.75 Å². The number of rotatable bonds is 3. The molecule has 1 aliphatic heterocycles. The fourth-order valence-corrected chi connectivity index (χ4v) is 2.60. The van der Waals surface area contributed by atoms with Crippen LogP contribution in [0.25, 0.3) is 0 Å². The molecule has 1 aliphatic rings. The van der Waals surface area contributed by atoms with Crippen LogP contribution in [0, 0.1) is 5.82 Å². The van der Waals surface area contributed by atoms with Gasteiger partial charge in [-0.2, -0.15) is 0 Å². The summed E-state index contributed by atoms with van der Waals surface area (Å²) in [5.74, 6) is -0.0956. The zero-order valence-electron chi connectivity index (χ0n) is 11.6. The van der Waals surface area contributed by atoms with Crippen molar-refractivity contribution < 1.29 is 18.7 Å². The van der Waals surface area contributed by atoms with Gasteiger partial charge in [-0.15, -0.1) is 0 Å². The van der Waals surface area contributed by atoms with E-state index < -0.39 is 5.82 Å². The number of fused-ring (bicyclic) bond motifs is 1. The van der Waals surface area contributed by atoms with Crippen LogP contribution < -0.4 is 4.74 Å². The molecular formula is C17H15FO3. The highest BCUT2D eigenvalue weighted by Crippen LogP contribution is 2.36. The summed E-state index contributed by atoms with van der Waals surface area (Å²) in [6.07, 6.45) is -0.154. The van der Waals surface area contributed by atoms with Gasteiger partial charge in [-0.05, 0) is 29.3 Å². The van der Waals surface area contributed by atoms with Crippen molar-refractivity contribution in [1.29, 1.82) is 0 Å². The van der Waals surface area contributed by atoms with Gasteiger partial charge in [-0.3, -0.25) is 4.79 Å². The summed E-state index contributed by atoms with van der Waals surface area (Å²) in [6.45, 7) is 0.459. The number of ether oxygens (including phenoxy) is 2. The van der Waals surface area contributed by atoms with Gasteiger partial charge in [0.1, 0.15) is 17.7 Å². The van der Waals surface area contributed by atoms with Crippen molar-refractivity contribution in [2.45, 2.75) is 19.1 Å². The number of hydrogen-bond donors (Lipinski definition) is 0. The highest BCUT2D eigenvalue weighted by molar-refractivity contribution is 6.00. The van der Waals surface area contributed by atoms with Crippen LogP contribution in [0.4, 0.5) is 4.39 Å². The first-order valence-electron chi connectivity index (χ1n) is 6.75. The largest absolute Gasteiger partial charge is 0.484 e. The van der Waals surface area contributed by atoms with Crippen molar-refractivity contribution >= 4 is 5.78 Å². The Morgan fingerprint density at radius 2 is 2.10 bits per heavy atom. The third-order valence-electron chi connectivity index (χ3n) is 3.58. The summed E-state index contributed by atoms with van der Waals surface area (Å²) >= 11 is 0. The average molecular weight is 286 g/mol. The Balaban J connectivity index is 1.96. The Kier molecular flexibility index (Phi) is 3.71. The molecule has 1 atom stereocenters. The molecule has 0 saturated carbocycles. The van der Waals surface area contributed by atoms with Gasteiger partial charge in [0.15, 0.2) is 5.78 Å². The zero-order valence-corrected chi connectivity index (χ0v) is 11.6. The lowest BCUT2D eigenvalue weighted by atomic mass is 9.93. The van der Waals surface area contributed by atoms with E-state index in [1.807, 2.05) is 24.3 Å². The highest BCUT2D eigenvalue weighted by atomic mass is 19.1. The molecule has 0 bridgehead atoms. The van der Waals surface area contributed by atoms with Gasteiger partial charge in [0, 0.05) is 7.11 Å². The van der Waals surface area contributed by atoms with Gasteiger partial charge in [-0.1, -0.05) is 24.3 Å². The van der Waals surface area contributed by atoms with Crippen LogP contribution in [0.15, 0.2) is 42.5 Å². The van der Waals surface area contributed by atoms with Gasteiger partial charge < -0.3 is 9.47 Å². The summed E-state index contributed by atoms with van der Waals surface area (Å²) < 4.78 is 24.3. The van der Waals surface area contributed by atoms with Crippen molar-refractivity contribution in [2.75, 3.05) is 7.11 Å². The summed E-state index contributed by atoms with van der Waals surface area (Å²) in [7, 11) is 1.63. The van der Waals surface area contributed by atoms with Crippen molar-refractivity contribution in [2.24, 2.45) is 0 Å². The third kappa shape index (κ3) is 2.67. The Hall–Kier alpha value is -2.20. The first kappa shape index (κ1) is 13.8. The van der Waals surface area contributed by atoms with Crippen LogP contribution in [0.3, 0.4) is 0 Å². The number of carbonyl (C=O) groups excluding carboxylic acids is 1. The molecule has 0 aromatic heterocycles. The van der Waals surface area contributed by atoms with E-state index in [0.29, 0.717) is 17.9 Å². The molecule has 0 amide bonds. The maximum atomic E-state index is 13.2. The van der Waals surface area contributed by atoms with Crippen molar-refractivity contribution in [3.63, 3.8) is 0 Å². The summed E-state index contributed by atoms with van der Waals surface area (Å²) in [5.41, 5.74) is 2.24. The number of ketones is 1. The number of hydrogen-bond acceptors (Lipinski definition) is 3. The molecule has 0 saturated heterocycles. The van der Waals surface area contributed by atoms with E-state index in [1.165, 1.54) is 18.2 Å². The molecule has 0 N–H and O–H groups in total. The van der Waals surface area contributed by atoms with E-state index in [-0.39, 0.29) is 18.3 Å². The van der Waals surface area contributed by atoms with Gasteiger partial charge >= 0.3 is 0 Å². The molecule has 4 heteroatoms. The second-order valence-corrected chi connectivity index (χ2v) is 5.01. The maximum Gasteiger partial charge on any atom is 0.170 e. The Morgan fingerprint density at radius 1 is 1.29 bits per heavy atom. The maximum absolute atomic E-state index is 13.2. The molecule has 0 fully saturated rings. The van der Waals surface area contributed by atoms with Crippen LogP contribution in [0.1, 0.15) is 34.0 Å². The molecule has 0 spiro atoms. The highest BCUT2D eigenvalue weighted by Gasteiger charge is 2.29. The molecule has 1 unspecified atom stereocenters. The number of halogens is 1. The van der Waals surface area contributed by atoms with Gasteiger partial charge in [0.25, 0.3) is 0 Å². The minimum atomic E-state index is -0.427. The first-order valence-corrected chi connectivity index (χ1v) is 6.75. The predicted molar refractivity (Wildman–Crippen MR) is 75.9 cm³/mol. The summed E-state index contributed by atoms with van der Waals surface area (Å²) in [6, 6.07) is 11.8. The van der Waals surface area contributed by atoms with Gasteiger partial charge in [0.05, 0.1) is 18.6 Å². The first-order chi connectivity index (χ1) is 10.2. The predicted octanol–water partition coefficient (Wildman–Crippen LogP) is 3.68. The van der Waals surface area contributed by atoms with E-state index in [2.05, 4.69) is 0 Å². The molecular weight excluding hydrogens is 271 g/mol. The van der Waals surface area contributed by atoms with E-state index in [1.54, 1.807) is 7.11 Å². The molecule has 108 valence electrons. The second-order valence-electron chi connectivity index (χ2n) is 5.01. The Bertz CT molecular complexity index is 681. The van der Waals surface area contributed by atoms with Crippen LogP contribution in [0.5, 0.6) is 5.75 Å². The Morgan fingerprint density at radius 3 is 2.90 bits per heavy atom. The van der Waals surface area contributed by atoms with E-state index in [4.69, 9.17) is 9.47 Å². The van der Waals surface area contributed by atoms with Crippen LogP contribution in [-0.2, 0) is 11.3 Å². The van der Waals surface area contributed by atoms with Crippen molar-refractivity contribution in [3.05, 3.63) is 65.0 Å². The summed E-state index contributed by atoms with van der Waals surface area (Å²) in [5, 5.41) is 0. The Labute approximate surface area is 122 Å². The number of Topliss-reactive ketones (excluding diaryl/α,β-unsaturated/α-hetero) is 1. The lowest BCUT2D eigenvalue weighted by Gasteiger charge is -2.27. The standard InChI is InChI=1S/C17H15FO3/c1-20-10-11-4-2-3-5-13(11)17-9-15(19)14-8-12(18)6-7-16(14)21-17/h2-8,17H,9-10H2,1H3. The number of carbonyl (C=O) groups is 1. The smallest absolute Gasteiger partial charge is 0.170 e. The quantitative estimate of drug-likeness (QED) is 0.863. The minimum absolute atomic E-state index is 0.104. The number of methoxy groups -OCH3 is 1. The fourth-order valence-electron chi connectivity index (χ4n) is 2.60. The van der Waals surface area contributed by atoms with Gasteiger partial charge in [0.2, 0.25) is 0 Å². The normalized spacial score (nSPS) is 17.2. The topological polar surface area (TPSA) is 35.5 Å². The molecule has 2 aromatic carbocycles. The molecule has 21 heavy (non-hydrogen) atoms. The van der Waals surface area contributed by atoms with Crippen molar-refractivity contribution in [1.82, 2.24) is 0 Å². The van der Waals surface area contributed by atoms with E-state index in [9.17, 15) is 9.18 Å². The second kappa shape index (κ2) is 5.66. The molecule has 3 rings (SSSR count). The third-order valence-corrected chi connectivity index (χ3v) is 3.58. The lowest BCUT2D eigenvalue weighted by Crippen LogP contribution is -2.21. The SMILES string of the molecule is COCc1ccccc1C1CC(=O)c2cc(F)ccc2O1. The molecule has 2 aromatic rings. The molecule has 0 aliphatic carbocycles. The molecule has 3 nitrogen and oxygen atoms in total.